The molecule has 0 radical (unpaired) electrons. The van der Waals surface area contributed by atoms with Crippen LogP contribution in [-0.2, 0) is 27.8 Å². The van der Waals surface area contributed by atoms with E-state index in [1.165, 1.54) is 4.57 Å². The van der Waals surface area contributed by atoms with Crippen LogP contribution in [-0.4, -0.2) is 74.2 Å². The third-order valence-corrected chi connectivity index (χ3v) is 7.35. The Hall–Kier alpha value is -3.14. The number of nitrogens with one attached hydrogen (secondary N) is 1. The Morgan fingerprint density at radius 2 is 1.89 bits per heavy atom. The Kier molecular flexibility index (Phi) is 5.74. The van der Waals surface area contributed by atoms with Crippen LogP contribution >= 0.6 is 0 Å². The minimum atomic E-state index is -0.678. The largest absolute Gasteiger partial charge is 0.444 e. The van der Waals surface area contributed by atoms with Gasteiger partial charge in [0.1, 0.15) is 11.6 Å². The molecular weight excluding hydrogens is 450 g/mol. The summed E-state index contributed by atoms with van der Waals surface area (Å²) in [5.74, 6) is -0.726. The molecule has 1 N–H and O–H groups in total. The van der Waals surface area contributed by atoms with Gasteiger partial charge in [0.2, 0.25) is 11.8 Å². The van der Waals surface area contributed by atoms with Crippen LogP contribution in [0.4, 0.5) is 4.79 Å². The molecule has 35 heavy (non-hydrogen) atoms. The van der Waals surface area contributed by atoms with Crippen LogP contribution in [0.5, 0.6) is 0 Å². The molecule has 3 aliphatic heterocycles. The van der Waals surface area contributed by atoms with Gasteiger partial charge in [0.25, 0.3) is 0 Å². The van der Waals surface area contributed by atoms with Crippen LogP contribution in [0, 0.1) is 0 Å². The Morgan fingerprint density at radius 1 is 1.11 bits per heavy atom. The van der Waals surface area contributed by atoms with Gasteiger partial charge >= 0.3 is 11.8 Å². The van der Waals surface area contributed by atoms with Crippen molar-refractivity contribution in [2.24, 2.45) is 7.05 Å². The molecule has 3 atom stereocenters. The summed E-state index contributed by atoms with van der Waals surface area (Å²) in [5, 5.41) is 2.34. The van der Waals surface area contributed by atoms with Gasteiger partial charge in [-0.25, -0.2) is 9.59 Å². The topological polar surface area (TPSA) is 106 Å². The number of hydrogen-bond donors (Lipinski definition) is 1. The summed E-state index contributed by atoms with van der Waals surface area (Å²) in [4.78, 5) is 53.7. The number of fused-ring (bicyclic) bond motifs is 3. The van der Waals surface area contributed by atoms with Gasteiger partial charge in [0, 0.05) is 45.2 Å². The van der Waals surface area contributed by atoms with E-state index in [1.807, 2.05) is 43.9 Å². The number of rotatable bonds is 4. The number of aryl methyl sites for hydroxylation is 1. The zero-order chi connectivity index (χ0) is 25.1. The second-order valence-electron chi connectivity index (χ2n) is 10.9. The number of ether oxygens (including phenoxy) is 1. The third-order valence-electron chi connectivity index (χ3n) is 7.35. The average Bonchev–Trinajstić information content (AvgIpc) is 3.44. The van der Waals surface area contributed by atoms with Crippen LogP contribution in [0.15, 0.2) is 23.0 Å². The Morgan fingerprint density at radius 3 is 2.54 bits per heavy atom. The lowest BCUT2D eigenvalue weighted by Gasteiger charge is -2.35. The SMILES string of the molecule is Cn1c(=O)n(C2CCC(=O)NC2=O)c2ccc(CCN3C[C@@H]4C[C@H]3CN4C(=O)OC(C)(C)C)cc21. The first-order chi connectivity index (χ1) is 16.5. The van der Waals surface area contributed by atoms with Gasteiger partial charge in [-0.15, -0.1) is 0 Å². The summed E-state index contributed by atoms with van der Waals surface area (Å²) in [6.45, 7) is 8.07. The van der Waals surface area contributed by atoms with Crippen LogP contribution in [0.25, 0.3) is 11.0 Å². The summed E-state index contributed by atoms with van der Waals surface area (Å²) >= 11 is 0. The molecule has 1 aromatic carbocycles. The second-order valence-corrected chi connectivity index (χ2v) is 10.9. The lowest BCUT2D eigenvalue weighted by atomic mass is 10.1. The van der Waals surface area contributed by atoms with Gasteiger partial charge in [-0.1, -0.05) is 6.07 Å². The lowest BCUT2D eigenvalue weighted by Crippen LogP contribution is -2.50. The maximum atomic E-state index is 13.0. The van der Waals surface area contributed by atoms with Gasteiger partial charge in [0.15, 0.2) is 0 Å². The maximum Gasteiger partial charge on any atom is 0.410 e. The summed E-state index contributed by atoms with van der Waals surface area (Å²) in [6, 6.07) is 5.78. The number of likely N-dealkylation sites (tertiary alicyclic amines) is 2. The molecule has 2 aromatic rings. The molecule has 3 aliphatic rings. The number of amides is 3. The number of imidazole rings is 1. The monoisotopic (exact) mass is 483 g/mol. The number of carbonyl (C=O) groups is 3. The minimum absolute atomic E-state index is 0.195. The molecule has 0 saturated carbocycles. The number of carbonyl (C=O) groups excluding carboxylic acids is 3. The molecule has 0 spiro atoms. The summed E-state index contributed by atoms with van der Waals surface area (Å²) in [6.07, 6.45) is 2.12. The summed E-state index contributed by atoms with van der Waals surface area (Å²) in [5.41, 5.74) is 1.83. The van der Waals surface area contributed by atoms with E-state index in [4.69, 9.17) is 4.74 Å². The fourth-order valence-electron chi connectivity index (χ4n) is 5.63. The highest BCUT2D eigenvalue weighted by Crippen LogP contribution is 2.32. The Bertz CT molecular complexity index is 1260. The Labute approximate surface area is 203 Å². The molecule has 4 heterocycles. The van der Waals surface area contributed by atoms with Crippen molar-refractivity contribution in [2.45, 2.75) is 70.2 Å². The highest BCUT2D eigenvalue weighted by Gasteiger charge is 2.46. The van der Waals surface area contributed by atoms with E-state index < -0.39 is 17.6 Å². The van der Waals surface area contributed by atoms with Crippen LogP contribution in [0.1, 0.15) is 51.6 Å². The zero-order valence-corrected chi connectivity index (χ0v) is 20.7. The predicted molar refractivity (Wildman–Crippen MR) is 129 cm³/mol. The van der Waals surface area contributed by atoms with Gasteiger partial charge < -0.3 is 9.64 Å². The van der Waals surface area contributed by atoms with E-state index in [0.717, 1.165) is 37.0 Å². The van der Waals surface area contributed by atoms with E-state index in [-0.39, 0.29) is 30.2 Å². The molecule has 3 amide bonds. The lowest BCUT2D eigenvalue weighted by molar-refractivity contribution is -0.135. The Balaban J connectivity index is 1.26. The van der Waals surface area contributed by atoms with Crippen molar-refractivity contribution in [2.75, 3.05) is 19.6 Å². The molecule has 2 bridgehead atoms. The normalized spacial score (nSPS) is 24.9. The van der Waals surface area contributed by atoms with E-state index in [1.54, 1.807) is 11.6 Å². The first-order valence-electron chi connectivity index (χ1n) is 12.3. The maximum absolute atomic E-state index is 13.0. The number of nitrogens with zero attached hydrogens (tertiary/aromatic N) is 4. The van der Waals surface area contributed by atoms with Crippen LogP contribution in [0.3, 0.4) is 0 Å². The average molecular weight is 484 g/mol. The van der Waals surface area contributed by atoms with E-state index >= 15 is 0 Å². The predicted octanol–water partition coefficient (Wildman–Crippen LogP) is 1.55. The molecule has 3 fully saturated rings. The second kappa shape index (κ2) is 8.51. The molecule has 1 unspecified atom stereocenters. The molecule has 0 aliphatic carbocycles. The van der Waals surface area contributed by atoms with Gasteiger partial charge in [-0.05, 0) is 57.7 Å². The van der Waals surface area contributed by atoms with Crippen LogP contribution < -0.4 is 11.0 Å². The first-order valence-corrected chi connectivity index (χ1v) is 12.3. The fraction of sp³-hybridized carbons (Fsp3) is 0.600. The molecule has 5 rings (SSSR count). The number of imide groups is 1. The van der Waals surface area contributed by atoms with Crippen molar-refractivity contribution >= 4 is 28.9 Å². The van der Waals surface area contributed by atoms with Crippen LogP contribution in [0.2, 0.25) is 0 Å². The fourth-order valence-corrected chi connectivity index (χ4v) is 5.63. The van der Waals surface area contributed by atoms with E-state index in [0.29, 0.717) is 24.5 Å². The van der Waals surface area contributed by atoms with Crippen molar-refractivity contribution in [1.29, 1.82) is 0 Å². The zero-order valence-electron chi connectivity index (χ0n) is 20.7. The summed E-state index contributed by atoms with van der Waals surface area (Å²) in [7, 11) is 1.71. The van der Waals surface area contributed by atoms with Gasteiger partial charge in [-0.2, -0.15) is 0 Å². The van der Waals surface area contributed by atoms with Gasteiger partial charge in [0.05, 0.1) is 11.0 Å². The first kappa shape index (κ1) is 23.6. The van der Waals surface area contributed by atoms with Crippen molar-refractivity contribution in [3.8, 4) is 0 Å². The molecule has 188 valence electrons. The molecule has 1 aromatic heterocycles. The smallest absolute Gasteiger partial charge is 0.410 e. The number of benzene rings is 1. The van der Waals surface area contributed by atoms with E-state index in [9.17, 15) is 19.2 Å². The van der Waals surface area contributed by atoms with Crippen molar-refractivity contribution < 1.29 is 19.1 Å². The highest BCUT2D eigenvalue weighted by atomic mass is 16.6. The van der Waals surface area contributed by atoms with Crippen molar-refractivity contribution in [3.05, 3.63) is 34.2 Å². The minimum Gasteiger partial charge on any atom is -0.444 e. The van der Waals surface area contributed by atoms with Gasteiger partial charge in [-0.3, -0.25) is 28.9 Å². The molecule has 10 nitrogen and oxygen atoms in total. The standard InChI is InChI=1S/C25H33N5O5/c1-25(2,3)35-24(34)29-14-16-12-17(29)13-28(16)10-9-15-5-6-18-20(11-15)27(4)23(33)30(18)19-7-8-21(31)26-22(19)32/h5-6,11,16-17,19H,7-10,12-14H2,1-4H3,(H,26,31,32)/t16-,17-,19?/m0/s1. The third kappa shape index (κ3) is 4.35. The number of hydrogen-bond acceptors (Lipinski definition) is 6. The summed E-state index contributed by atoms with van der Waals surface area (Å²) < 4.78 is 8.63. The molecule has 3 saturated heterocycles. The van der Waals surface area contributed by atoms with E-state index in [2.05, 4.69) is 10.2 Å². The highest BCUT2D eigenvalue weighted by molar-refractivity contribution is 6.00. The number of aromatic nitrogens is 2. The van der Waals surface area contributed by atoms with Crippen molar-refractivity contribution in [1.82, 2.24) is 24.3 Å². The molecular formula is C25H33N5O5. The van der Waals surface area contributed by atoms with Crippen molar-refractivity contribution in [3.63, 3.8) is 0 Å². The number of piperazine rings is 1. The quantitative estimate of drug-likeness (QED) is 0.662. The number of piperidine rings is 1. The molecule has 10 heteroatoms.